The first-order valence-electron chi connectivity index (χ1n) is 6.43. The van der Waals surface area contributed by atoms with Gasteiger partial charge in [-0.15, -0.1) is 0 Å². The van der Waals surface area contributed by atoms with Gasteiger partial charge in [-0.1, -0.05) is 23.2 Å². The van der Waals surface area contributed by atoms with E-state index in [1.807, 2.05) is 0 Å². The molecule has 1 fully saturated rings. The number of rotatable bonds is 4. The first-order valence-corrected chi connectivity index (χ1v) is 8.00. The summed E-state index contributed by atoms with van der Waals surface area (Å²) in [5.41, 5.74) is 0. The first kappa shape index (κ1) is 16.0. The van der Waals surface area contributed by atoms with Crippen molar-refractivity contribution >= 4 is 52.2 Å². The standard InChI is InChI=1S/C15H9Cl2NO4S/c16-11-4-3-8(5-12(11)17)21-7-10-2-1-9(22-10)6-13-14(19)18-15(20)23-13/h1-6H,7H2,(H,18,19,20)/b13-6+. The molecule has 118 valence electrons. The van der Waals surface area contributed by atoms with Gasteiger partial charge >= 0.3 is 0 Å². The SMILES string of the molecule is O=C1NC(=O)/C(=C\c2ccc(COc3ccc(Cl)c(Cl)c3)o2)S1. The van der Waals surface area contributed by atoms with Gasteiger partial charge in [-0.05, 0) is 36.0 Å². The summed E-state index contributed by atoms with van der Waals surface area (Å²) in [7, 11) is 0. The number of carbonyl (C=O) groups is 2. The molecule has 1 aliphatic rings. The number of hydrogen-bond acceptors (Lipinski definition) is 5. The Kier molecular flexibility index (Phi) is 4.66. The number of amides is 2. The van der Waals surface area contributed by atoms with Gasteiger partial charge in [-0.3, -0.25) is 14.9 Å². The second-order valence-corrected chi connectivity index (χ2v) is 6.35. The molecule has 0 spiro atoms. The van der Waals surface area contributed by atoms with E-state index in [1.54, 1.807) is 30.3 Å². The predicted molar refractivity (Wildman–Crippen MR) is 88.6 cm³/mol. The molecular formula is C15H9Cl2NO4S. The Morgan fingerprint density at radius 2 is 2.00 bits per heavy atom. The van der Waals surface area contributed by atoms with Crippen LogP contribution in [-0.4, -0.2) is 11.1 Å². The molecule has 2 aromatic rings. The molecule has 8 heteroatoms. The third-order valence-corrected chi connectivity index (χ3v) is 4.42. The number of benzene rings is 1. The number of carbonyl (C=O) groups excluding carboxylic acids is 2. The van der Waals surface area contributed by atoms with E-state index < -0.39 is 11.1 Å². The Hall–Kier alpha value is -1.89. The van der Waals surface area contributed by atoms with Crippen molar-refractivity contribution in [3.8, 4) is 5.75 Å². The minimum absolute atomic E-state index is 0.194. The number of imide groups is 1. The zero-order chi connectivity index (χ0) is 16.4. The van der Waals surface area contributed by atoms with Crippen molar-refractivity contribution in [3.05, 3.63) is 56.8 Å². The molecule has 0 atom stereocenters. The predicted octanol–water partition coefficient (Wildman–Crippen LogP) is 4.49. The van der Waals surface area contributed by atoms with Crippen LogP contribution in [0.5, 0.6) is 5.75 Å². The maximum atomic E-state index is 11.5. The molecule has 0 aliphatic carbocycles. The molecule has 2 amide bonds. The van der Waals surface area contributed by atoms with Crippen LogP contribution in [-0.2, 0) is 11.4 Å². The van der Waals surface area contributed by atoms with Crippen molar-refractivity contribution in [2.24, 2.45) is 0 Å². The number of halogens is 2. The van der Waals surface area contributed by atoms with E-state index in [2.05, 4.69) is 5.32 Å². The zero-order valence-electron chi connectivity index (χ0n) is 11.5. The smallest absolute Gasteiger partial charge is 0.290 e. The van der Waals surface area contributed by atoms with Crippen LogP contribution in [0.4, 0.5) is 4.79 Å². The van der Waals surface area contributed by atoms with Crippen molar-refractivity contribution in [1.29, 1.82) is 0 Å². The van der Waals surface area contributed by atoms with E-state index in [9.17, 15) is 9.59 Å². The minimum Gasteiger partial charge on any atom is -0.486 e. The quantitative estimate of drug-likeness (QED) is 0.804. The Labute approximate surface area is 145 Å². The second kappa shape index (κ2) is 6.70. The largest absolute Gasteiger partial charge is 0.486 e. The van der Waals surface area contributed by atoms with Gasteiger partial charge in [-0.2, -0.15) is 0 Å². The highest BCUT2D eigenvalue weighted by Gasteiger charge is 2.25. The maximum Gasteiger partial charge on any atom is 0.290 e. The molecule has 1 aliphatic heterocycles. The van der Waals surface area contributed by atoms with Gasteiger partial charge in [-0.25, -0.2) is 0 Å². The summed E-state index contributed by atoms with van der Waals surface area (Å²) in [4.78, 5) is 22.8. The van der Waals surface area contributed by atoms with Crippen LogP contribution < -0.4 is 10.1 Å². The van der Waals surface area contributed by atoms with Crippen molar-refractivity contribution in [3.63, 3.8) is 0 Å². The molecule has 0 bridgehead atoms. The average Bonchev–Trinajstić information content (AvgIpc) is 3.07. The summed E-state index contributed by atoms with van der Waals surface area (Å²) in [5, 5.41) is 2.64. The lowest BCUT2D eigenvalue weighted by Gasteiger charge is -2.05. The first-order chi connectivity index (χ1) is 11.0. The summed E-state index contributed by atoms with van der Waals surface area (Å²) in [6, 6.07) is 8.37. The van der Waals surface area contributed by atoms with Crippen LogP contribution in [0.2, 0.25) is 10.0 Å². The fraction of sp³-hybridized carbons (Fsp3) is 0.0667. The number of nitrogens with one attached hydrogen (secondary N) is 1. The van der Waals surface area contributed by atoms with Gasteiger partial charge < -0.3 is 9.15 Å². The van der Waals surface area contributed by atoms with Crippen molar-refractivity contribution in [2.75, 3.05) is 0 Å². The molecule has 1 saturated heterocycles. The number of thioether (sulfide) groups is 1. The van der Waals surface area contributed by atoms with Crippen molar-refractivity contribution < 1.29 is 18.7 Å². The van der Waals surface area contributed by atoms with E-state index >= 15 is 0 Å². The van der Waals surface area contributed by atoms with Gasteiger partial charge in [0.15, 0.2) is 0 Å². The Morgan fingerprint density at radius 1 is 1.17 bits per heavy atom. The minimum atomic E-state index is -0.426. The molecular weight excluding hydrogens is 361 g/mol. The lowest BCUT2D eigenvalue weighted by molar-refractivity contribution is -0.115. The summed E-state index contributed by atoms with van der Waals surface area (Å²) < 4.78 is 11.1. The Morgan fingerprint density at radius 3 is 2.70 bits per heavy atom. The summed E-state index contributed by atoms with van der Waals surface area (Å²) in [5.74, 6) is 1.17. The average molecular weight is 370 g/mol. The van der Waals surface area contributed by atoms with Crippen molar-refractivity contribution in [1.82, 2.24) is 5.32 Å². The Balaban J connectivity index is 1.65. The van der Waals surface area contributed by atoms with Gasteiger partial charge in [0.05, 0.1) is 15.0 Å². The van der Waals surface area contributed by atoms with Gasteiger partial charge in [0.1, 0.15) is 23.9 Å². The third kappa shape index (κ3) is 3.90. The van der Waals surface area contributed by atoms with Crippen LogP contribution in [0, 0.1) is 0 Å². The normalized spacial score (nSPS) is 16.0. The molecule has 1 aromatic heterocycles. The van der Waals surface area contributed by atoms with Crippen LogP contribution in [0.25, 0.3) is 6.08 Å². The van der Waals surface area contributed by atoms with Crippen LogP contribution in [0.3, 0.4) is 0 Å². The van der Waals surface area contributed by atoms with Gasteiger partial charge in [0.2, 0.25) is 0 Å². The molecule has 23 heavy (non-hydrogen) atoms. The molecule has 0 saturated carbocycles. The molecule has 1 N–H and O–H groups in total. The highest BCUT2D eigenvalue weighted by atomic mass is 35.5. The number of hydrogen-bond donors (Lipinski definition) is 1. The monoisotopic (exact) mass is 369 g/mol. The molecule has 0 radical (unpaired) electrons. The zero-order valence-corrected chi connectivity index (χ0v) is 13.8. The number of ether oxygens (including phenoxy) is 1. The Bertz CT molecular complexity index is 816. The molecule has 5 nitrogen and oxygen atoms in total. The van der Waals surface area contributed by atoms with E-state index in [0.29, 0.717) is 32.2 Å². The second-order valence-electron chi connectivity index (χ2n) is 4.52. The van der Waals surface area contributed by atoms with Gasteiger partial charge in [0, 0.05) is 12.1 Å². The lowest BCUT2D eigenvalue weighted by atomic mass is 10.3. The molecule has 3 rings (SSSR count). The van der Waals surface area contributed by atoms with Crippen molar-refractivity contribution in [2.45, 2.75) is 6.61 Å². The maximum absolute atomic E-state index is 11.5. The van der Waals surface area contributed by atoms with E-state index in [1.165, 1.54) is 6.08 Å². The highest BCUT2D eigenvalue weighted by molar-refractivity contribution is 8.18. The van der Waals surface area contributed by atoms with Crippen LogP contribution >= 0.6 is 35.0 Å². The molecule has 0 unspecified atom stereocenters. The van der Waals surface area contributed by atoms with E-state index in [-0.39, 0.29) is 6.61 Å². The topological polar surface area (TPSA) is 68.5 Å². The fourth-order valence-electron chi connectivity index (χ4n) is 1.82. The van der Waals surface area contributed by atoms with Crippen LogP contribution in [0.15, 0.2) is 39.7 Å². The summed E-state index contributed by atoms with van der Waals surface area (Å²) in [6.45, 7) is 0.194. The number of furan rings is 1. The highest BCUT2D eigenvalue weighted by Crippen LogP contribution is 2.28. The molecule has 2 heterocycles. The summed E-state index contributed by atoms with van der Waals surface area (Å²) in [6.07, 6.45) is 1.51. The van der Waals surface area contributed by atoms with Gasteiger partial charge in [0.25, 0.3) is 11.1 Å². The lowest BCUT2D eigenvalue weighted by Crippen LogP contribution is -2.17. The third-order valence-electron chi connectivity index (χ3n) is 2.87. The van der Waals surface area contributed by atoms with E-state index in [0.717, 1.165) is 11.8 Å². The van der Waals surface area contributed by atoms with E-state index in [4.69, 9.17) is 32.4 Å². The molecule has 1 aromatic carbocycles. The summed E-state index contributed by atoms with van der Waals surface area (Å²) >= 11 is 12.6. The fourth-order valence-corrected chi connectivity index (χ4v) is 2.77. The van der Waals surface area contributed by atoms with Crippen LogP contribution in [0.1, 0.15) is 11.5 Å².